The third-order valence-electron chi connectivity index (χ3n) is 6.33. The molecule has 0 amide bonds. The van der Waals surface area contributed by atoms with Crippen molar-refractivity contribution in [3.05, 3.63) is 35.5 Å². The first-order chi connectivity index (χ1) is 10.4. The summed E-state index contributed by atoms with van der Waals surface area (Å²) >= 11 is 0. The Bertz CT molecular complexity index is 671. The normalized spacial score (nSPS) is 32.5. The fraction of sp³-hybridized carbons (Fsp3) is 0.579. The van der Waals surface area contributed by atoms with E-state index in [0.29, 0.717) is 6.04 Å². The second-order valence-electron chi connectivity index (χ2n) is 7.36. The number of hydrogen-bond acceptors (Lipinski definition) is 1. The van der Waals surface area contributed by atoms with Crippen molar-refractivity contribution >= 4 is 10.9 Å². The van der Waals surface area contributed by atoms with Crippen molar-refractivity contribution in [3.63, 3.8) is 0 Å². The summed E-state index contributed by atoms with van der Waals surface area (Å²) in [4.78, 5) is 6.55. The molecule has 1 saturated heterocycles. The maximum absolute atomic E-state index is 3.77. The van der Waals surface area contributed by atoms with Gasteiger partial charge in [-0.05, 0) is 42.7 Å². The number of fused-ring (bicyclic) bond motifs is 6. The van der Waals surface area contributed by atoms with Gasteiger partial charge in [-0.1, -0.05) is 37.5 Å². The van der Waals surface area contributed by atoms with Gasteiger partial charge in [-0.3, -0.25) is 4.90 Å². The van der Waals surface area contributed by atoms with Gasteiger partial charge in [0.1, 0.15) is 0 Å². The lowest BCUT2D eigenvalue weighted by Crippen LogP contribution is -2.46. The fourth-order valence-electron chi connectivity index (χ4n) is 5.28. The van der Waals surface area contributed by atoms with Crippen molar-refractivity contribution < 1.29 is 0 Å². The highest BCUT2D eigenvalue weighted by molar-refractivity contribution is 5.85. The molecule has 2 aromatic rings. The molecule has 3 aliphatic rings. The molecule has 110 valence electrons. The van der Waals surface area contributed by atoms with E-state index in [-0.39, 0.29) is 0 Å². The van der Waals surface area contributed by atoms with Crippen LogP contribution in [0.5, 0.6) is 0 Å². The molecule has 21 heavy (non-hydrogen) atoms. The summed E-state index contributed by atoms with van der Waals surface area (Å²) in [6, 6.07) is 9.54. The second kappa shape index (κ2) is 4.61. The third kappa shape index (κ3) is 1.81. The van der Waals surface area contributed by atoms with E-state index in [1.165, 1.54) is 62.5 Å². The number of aromatic amines is 1. The number of rotatable bonds is 0. The first kappa shape index (κ1) is 12.3. The van der Waals surface area contributed by atoms with E-state index in [0.717, 1.165) is 11.8 Å². The Morgan fingerprint density at radius 3 is 2.86 bits per heavy atom. The smallest absolute Gasteiger partial charge is 0.0504 e. The maximum Gasteiger partial charge on any atom is 0.0504 e. The van der Waals surface area contributed by atoms with Crippen LogP contribution in [0.1, 0.15) is 49.4 Å². The summed E-state index contributed by atoms with van der Waals surface area (Å²) in [6.07, 6.45) is 8.51. The van der Waals surface area contributed by atoms with Gasteiger partial charge in [-0.2, -0.15) is 0 Å². The Balaban J connectivity index is 1.56. The molecule has 3 heterocycles. The molecule has 2 heteroatoms. The topological polar surface area (TPSA) is 19.0 Å². The quantitative estimate of drug-likeness (QED) is 0.763. The number of H-pyrrole nitrogens is 1. The van der Waals surface area contributed by atoms with Crippen LogP contribution in [-0.2, 0) is 6.42 Å². The van der Waals surface area contributed by atoms with Gasteiger partial charge in [0.25, 0.3) is 0 Å². The number of piperidine rings is 1. The van der Waals surface area contributed by atoms with Gasteiger partial charge in [-0.25, -0.2) is 0 Å². The van der Waals surface area contributed by atoms with Crippen LogP contribution in [0.2, 0.25) is 0 Å². The second-order valence-corrected chi connectivity index (χ2v) is 7.36. The van der Waals surface area contributed by atoms with Crippen molar-refractivity contribution in [2.24, 2.45) is 11.8 Å². The van der Waals surface area contributed by atoms with Crippen molar-refractivity contribution in [2.75, 3.05) is 13.1 Å². The SMILES string of the molecule is c1ccc2c3c([nH]c2c1)[C@@H]1C[C@@H]2CCCC[C@H]2CN1CC3. The summed E-state index contributed by atoms with van der Waals surface area (Å²) in [7, 11) is 0. The van der Waals surface area contributed by atoms with Gasteiger partial charge in [0.15, 0.2) is 0 Å². The number of nitrogens with zero attached hydrogens (tertiary/aromatic N) is 1. The first-order valence-corrected chi connectivity index (χ1v) is 8.73. The van der Waals surface area contributed by atoms with Gasteiger partial charge >= 0.3 is 0 Å². The van der Waals surface area contributed by atoms with E-state index in [2.05, 4.69) is 34.1 Å². The van der Waals surface area contributed by atoms with Gasteiger partial charge < -0.3 is 4.98 Å². The summed E-state index contributed by atoms with van der Waals surface area (Å²) in [5.74, 6) is 1.97. The molecule has 0 bridgehead atoms. The molecule has 2 nitrogen and oxygen atoms in total. The monoisotopic (exact) mass is 280 g/mol. The highest BCUT2D eigenvalue weighted by atomic mass is 15.2. The zero-order chi connectivity index (χ0) is 13.8. The molecule has 3 atom stereocenters. The Labute approximate surface area is 126 Å². The molecule has 1 aromatic carbocycles. The Kier molecular flexibility index (Phi) is 2.69. The van der Waals surface area contributed by atoms with Crippen molar-refractivity contribution in [2.45, 2.75) is 44.6 Å². The number of para-hydroxylation sites is 1. The van der Waals surface area contributed by atoms with Gasteiger partial charge in [-0.15, -0.1) is 0 Å². The zero-order valence-electron chi connectivity index (χ0n) is 12.6. The van der Waals surface area contributed by atoms with Crippen LogP contribution in [0.4, 0.5) is 0 Å². The third-order valence-corrected chi connectivity index (χ3v) is 6.33. The van der Waals surface area contributed by atoms with Crippen molar-refractivity contribution in [1.82, 2.24) is 9.88 Å². The lowest BCUT2D eigenvalue weighted by molar-refractivity contribution is 0.0308. The van der Waals surface area contributed by atoms with Gasteiger partial charge in [0, 0.05) is 29.7 Å². The molecule has 2 fully saturated rings. The van der Waals surface area contributed by atoms with E-state index in [1.807, 2.05) is 0 Å². The average molecular weight is 280 g/mol. The standard InChI is InChI=1S/C19H24N2/c1-2-6-14-12-21-10-9-16-15-7-3-4-8-17(15)20-19(16)18(21)11-13(14)5-1/h3-4,7-8,13-14,18,20H,1-2,5-6,9-12H2/t13-,14-,18-/m0/s1. The molecular formula is C19H24N2. The van der Waals surface area contributed by atoms with E-state index in [9.17, 15) is 0 Å². The Morgan fingerprint density at radius 1 is 1.05 bits per heavy atom. The molecule has 0 radical (unpaired) electrons. The molecule has 1 N–H and O–H groups in total. The predicted molar refractivity (Wildman–Crippen MR) is 86.4 cm³/mol. The average Bonchev–Trinajstić information content (AvgIpc) is 2.92. The number of benzene rings is 1. The largest absolute Gasteiger partial charge is 0.357 e. The first-order valence-electron chi connectivity index (χ1n) is 8.73. The maximum atomic E-state index is 3.77. The summed E-state index contributed by atoms with van der Waals surface area (Å²) in [5, 5.41) is 1.47. The van der Waals surface area contributed by atoms with E-state index in [1.54, 1.807) is 11.3 Å². The van der Waals surface area contributed by atoms with Gasteiger partial charge in [0.05, 0.1) is 6.04 Å². The van der Waals surface area contributed by atoms with Crippen molar-refractivity contribution in [3.8, 4) is 0 Å². The molecule has 2 aliphatic heterocycles. The van der Waals surface area contributed by atoms with Gasteiger partial charge in [0.2, 0.25) is 0 Å². The molecule has 0 spiro atoms. The minimum absolute atomic E-state index is 0.667. The fourth-order valence-corrected chi connectivity index (χ4v) is 5.28. The number of hydrogen-bond donors (Lipinski definition) is 1. The number of nitrogens with one attached hydrogen (secondary N) is 1. The lowest BCUT2D eigenvalue weighted by atomic mass is 9.71. The molecule has 0 unspecified atom stereocenters. The van der Waals surface area contributed by atoms with E-state index in [4.69, 9.17) is 0 Å². The Hall–Kier alpha value is -1.28. The van der Waals surface area contributed by atoms with Crippen LogP contribution in [0.3, 0.4) is 0 Å². The predicted octanol–water partition coefficient (Wildman–Crippen LogP) is 4.28. The lowest BCUT2D eigenvalue weighted by Gasteiger charge is -2.48. The van der Waals surface area contributed by atoms with Crippen LogP contribution in [0.25, 0.3) is 10.9 Å². The molecule has 5 rings (SSSR count). The summed E-state index contributed by atoms with van der Waals surface area (Å²) in [5.41, 5.74) is 4.50. The minimum atomic E-state index is 0.667. The van der Waals surface area contributed by atoms with Crippen molar-refractivity contribution in [1.29, 1.82) is 0 Å². The highest BCUT2D eigenvalue weighted by Gasteiger charge is 2.40. The van der Waals surface area contributed by atoms with Crippen LogP contribution in [0, 0.1) is 11.8 Å². The van der Waals surface area contributed by atoms with Crippen LogP contribution in [-0.4, -0.2) is 23.0 Å². The van der Waals surface area contributed by atoms with E-state index < -0.39 is 0 Å². The summed E-state index contributed by atoms with van der Waals surface area (Å²) in [6.45, 7) is 2.62. The molecule has 1 saturated carbocycles. The molecular weight excluding hydrogens is 256 g/mol. The van der Waals surface area contributed by atoms with E-state index >= 15 is 0 Å². The zero-order valence-corrected chi connectivity index (χ0v) is 12.6. The summed E-state index contributed by atoms with van der Waals surface area (Å²) < 4.78 is 0. The highest BCUT2D eigenvalue weighted by Crippen LogP contribution is 2.46. The minimum Gasteiger partial charge on any atom is -0.357 e. The molecule has 1 aliphatic carbocycles. The number of aromatic nitrogens is 1. The molecule has 1 aromatic heterocycles. The van der Waals surface area contributed by atoms with Crippen LogP contribution in [0.15, 0.2) is 24.3 Å². The van der Waals surface area contributed by atoms with Crippen LogP contribution >= 0.6 is 0 Å². The van der Waals surface area contributed by atoms with Crippen LogP contribution < -0.4 is 0 Å². The Morgan fingerprint density at radius 2 is 1.90 bits per heavy atom.